The number of hydrogen-bond acceptors (Lipinski definition) is 15. The quantitative estimate of drug-likeness (QED) is 0.0222. The molecule has 17 nitrogen and oxygen atoms in total. The van der Waals surface area contributed by atoms with Gasteiger partial charge in [0, 0.05) is 25.7 Å². The Balaban J connectivity index is 5.14. The lowest BCUT2D eigenvalue weighted by molar-refractivity contribution is -0.161. The molecule has 0 aliphatic carbocycles. The van der Waals surface area contributed by atoms with Crippen molar-refractivity contribution in [1.82, 2.24) is 0 Å². The first-order valence-electron chi connectivity index (χ1n) is 27.8. The maximum absolute atomic E-state index is 12.8. The van der Waals surface area contributed by atoms with Gasteiger partial charge in [-0.2, -0.15) is 0 Å². The summed E-state index contributed by atoms with van der Waals surface area (Å²) < 4.78 is 67.1. The fourth-order valence-electron chi connectivity index (χ4n) is 7.51. The van der Waals surface area contributed by atoms with E-state index in [0.717, 1.165) is 122 Å². The van der Waals surface area contributed by atoms with E-state index >= 15 is 0 Å². The van der Waals surface area contributed by atoms with Crippen LogP contribution >= 0.6 is 15.6 Å². The van der Waals surface area contributed by atoms with Crippen LogP contribution in [0.3, 0.4) is 0 Å². The summed E-state index contributed by atoms with van der Waals surface area (Å²) in [5.74, 6) is -2.17. The number of phosphoric ester groups is 2. The van der Waals surface area contributed by atoms with Gasteiger partial charge in [-0.1, -0.05) is 201 Å². The highest BCUT2D eigenvalue weighted by atomic mass is 31.2. The minimum atomic E-state index is -4.92. The van der Waals surface area contributed by atoms with E-state index in [1.165, 1.54) is 51.4 Å². The molecule has 0 aromatic carbocycles. The molecule has 0 bridgehead atoms. The van der Waals surface area contributed by atoms with Crippen molar-refractivity contribution in [2.45, 2.75) is 271 Å². The average molecular weight is 1060 g/mol. The minimum absolute atomic E-state index is 0.103. The van der Waals surface area contributed by atoms with E-state index in [9.17, 15) is 43.2 Å². The number of unbranched alkanes of at least 4 members (excludes halogenated alkanes) is 27. The molecule has 0 aromatic heterocycles. The summed E-state index contributed by atoms with van der Waals surface area (Å²) >= 11 is 0. The normalized spacial score (nSPS) is 14.5. The molecule has 0 heterocycles. The Morgan fingerprint density at radius 2 is 0.563 bits per heavy atom. The van der Waals surface area contributed by atoms with Crippen molar-refractivity contribution in [2.24, 2.45) is 0 Å². The lowest BCUT2D eigenvalue weighted by atomic mass is 10.0. The van der Waals surface area contributed by atoms with Gasteiger partial charge in [0.15, 0.2) is 12.2 Å². The van der Waals surface area contributed by atoms with Crippen molar-refractivity contribution in [1.29, 1.82) is 0 Å². The number of aliphatic hydroxyl groups is 1. The van der Waals surface area contributed by atoms with E-state index in [4.69, 9.17) is 37.0 Å². The number of ether oxygens (including phenoxy) is 4. The molecule has 5 atom stereocenters. The summed E-state index contributed by atoms with van der Waals surface area (Å²) in [4.78, 5) is 71.1. The predicted octanol–water partition coefficient (Wildman–Crippen LogP) is 13.3. The van der Waals surface area contributed by atoms with Gasteiger partial charge >= 0.3 is 39.5 Å². The van der Waals surface area contributed by atoms with Crippen LogP contribution in [0.5, 0.6) is 0 Å². The Morgan fingerprint density at radius 3 is 0.831 bits per heavy atom. The molecule has 0 amide bonds. The highest BCUT2D eigenvalue weighted by molar-refractivity contribution is 7.47. The van der Waals surface area contributed by atoms with Crippen molar-refractivity contribution in [3.63, 3.8) is 0 Å². The van der Waals surface area contributed by atoms with Gasteiger partial charge in [0.1, 0.15) is 19.3 Å². The molecule has 420 valence electrons. The van der Waals surface area contributed by atoms with Gasteiger partial charge in [-0.25, -0.2) is 9.13 Å². The zero-order chi connectivity index (χ0) is 52.7. The second-order valence-electron chi connectivity index (χ2n) is 18.9. The van der Waals surface area contributed by atoms with E-state index in [0.29, 0.717) is 25.7 Å². The van der Waals surface area contributed by atoms with Crippen LogP contribution in [0.1, 0.15) is 252 Å². The van der Waals surface area contributed by atoms with E-state index < -0.39 is 97.5 Å². The SMILES string of the molecule is CCCCCCCCCCCCCCC(=O)O[C@H](COC(=O)CCCCCCCCC)COP(=O)(O)OC[C@@H](O)COP(=O)(O)OC[C@@H](COC(=O)CCCCCCC)OC(=O)CCCCCCCCC. The van der Waals surface area contributed by atoms with E-state index in [2.05, 4.69) is 27.7 Å². The highest BCUT2D eigenvalue weighted by Crippen LogP contribution is 2.45. The summed E-state index contributed by atoms with van der Waals surface area (Å²) in [6, 6.07) is 0. The summed E-state index contributed by atoms with van der Waals surface area (Å²) in [6.45, 7) is 4.63. The van der Waals surface area contributed by atoms with Crippen LogP contribution in [0.2, 0.25) is 0 Å². The summed E-state index contributed by atoms with van der Waals surface area (Å²) in [6.07, 6.45) is 28.5. The van der Waals surface area contributed by atoms with Crippen LogP contribution in [-0.4, -0.2) is 96.7 Å². The molecule has 71 heavy (non-hydrogen) atoms. The van der Waals surface area contributed by atoms with Crippen molar-refractivity contribution >= 4 is 39.5 Å². The largest absolute Gasteiger partial charge is 0.472 e. The lowest BCUT2D eigenvalue weighted by Gasteiger charge is -2.21. The predicted molar refractivity (Wildman–Crippen MR) is 275 cm³/mol. The number of carbonyl (C=O) groups is 4. The summed E-state index contributed by atoms with van der Waals surface area (Å²) in [5, 5.41) is 10.4. The third-order valence-corrected chi connectivity index (χ3v) is 13.8. The Bertz CT molecular complexity index is 1400. The molecule has 0 radical (unpaired) electrons. The Morgan fingerprint density at radius 1 is 0.338 bits per heavy atom. The monoisotopic (exact) mass is 1060 g/mol. The molecule has 0 fully saturated rings. The number of phosphoric acid groups is 2. The fraction of sp³-hybridized carbons (Fsp3) is 0.923. The summed E-state index contributed by atoms with van der Waals surface area (Å²) in [5.41, 5.74) is 0. The Hall–Kier alpha value is -1.94. The molecule has 0 rings (SSSR count). The van der Waals surface area contributed by atoms with E-state index in [1.807, 2.05) is 0 Å². The fourth-order valence-corrected chi connectivity index (χ4v) is 9.09. The molecule has 2 unspecified atom stereocenters. The molecular formula is C52H100O17P2. The molecule has 0 spiro atoms. The van der Waals surface area contributed by atoms with Crippen LogP contribution in [0, 0.1) is 0 Å². The zero-order valence-electron chi connectivity index (χ0n) is 44.7. The van der Waals surface area contributed by atoms with E-state index in [-0.39, 0.29) is 25.7 Å². The van der Waals surface area contributed by atoms with Crippen LogP contribution < -0.4 is 0 Å². The van der Waals surface area contributed by atoms with Gasteiger partial charge in [0.25, 0.3) is 0 Å². The first-order chi connectivity index (χ1) is 34.2. The first kappa shape index (κ1) is 69.1. The number of rotatable bonds is 53. The van der Waals surface area contributed by atoms with Gasteiger partial charge < -0.3 is 33.8 Å². The van der Waals surface area contributed by atoms with E-state index in [1.54, 1.807) is 0 Å². The number of aliphatic hydroxyl groups excluding tert-OH is 1. The number of carbonyl (C=O) groups excluding carboxylic acids is 4. The molecule has 0 aromatic rings. The first-order valence-corrected chi connectivity index (χ1v) is 30.8. The highest BCUT2D eigenvalue weighted by Gasteiger charge is 2.30. The van der Waals surface area contributed by atoms with Gasteiger partial charge in [-0.3, -0.25) is 37.3 Å². The molecule has 0 saturated heterocycles. The van der Waals surface area contributed by atoms with Gasteiger partial charge in [0.05, 0.1) is 26.4 Å². The smallest absolute Gasteiger partial charge is 0.462 e. The van der Waals surface area contributed by atoms with Gasteiger partial charge in [-0.15, -0.1) is 0 Å². The van der Waals surface area contributed by atoms with Crippen LogP contribution in [-0.2, 0) is 65.4 Å². The lowest BCUT2D eigenvalue weighted by Crippen LogP contribution is -2.30. The molecular weight excluding hydrogens is 959 g/mol. The molecule has 0 aliphatic heterocycles. The number of esters is 4. The van der Waals surface area contributed by atoms with Gasteiger partial charge in [0.2, 0.25) is 0 Å². The van der Waals surface area contributed by atoms with Gasteiger partial charge in [-0.05, 0) is 25.7 Å². The minimum Gasteiger partial charge on any atom is -0.462 e. The molecule has 19 heteroatoms. The van der Waals surface area contributed by atoms with Crippen molar-refractivity contribution in [2.75, 3.05) is 39.6 Å². The van der Waals surface area contributed by atoms with Crippen molar-refractivity contribution < 1.29 is 80.2 Å². The topological polar surface area (TPSA) is 237 Å². The maximum Gasteiger partial charge on any atom is 0.472 e. The number of hydrogen-bond donors (Lipinski definition) is 3. The molecule has 0 saturated carbocycles. The van der Waals surface area contributed by atoms with Crippen molar-refractivity contribution in [3.05, 3.63) is 0 Å². The van der Waals surface area contributed by atoms with Crippen LogP contribution in [0.25, 0.3) is 0 Å². The third-order valence-electron chi connectivity index (χ3n) is 11.9. The van der Waals surface area contributed by atoms with Crippen LogP contribution in [0.4, 0.5) is 0 Å². The third kappa shape index (κ3) is 47.5. The second kappa shape index (κ2) is 47.8. The maximum atomic E-state index is 12.8. The molecule has 0 aliphatic rings. The Labute approximate surface area is 428 Å². The van der Waals surface area contributed by atoms with Crippen molar-refractivity contribution in [3.8, 4) is 0 Å². The standard InChI is InChI=1S/C52H100O17P2/c1-5-9-13-17-20-21-22-23-24-27-31-35-39-52(57)69-48(43-63-50(55)37-33-29-25-18-14-10-6-2)45-67-71(60,61)65-41-46(53)40-64-70(58,59)66-44-47(42-62-49(54)36-32-28-16-12-8-4)68-51(56)38-34-30-26-19-15-11-7-3/h46-48,53H,5-45H2,1-4H3,(H,58,59)(H,60,61)/t46-,47+,48+/m0/s1. The summed E-state index contributed by atoms with van der Waals surface area (Å²) in [7, 11) is -9.84. The second-order valence-corrected chi connectivity index (χ2v) is 21.8. The average Bonchev–Trinajstić information content (AvgIpc) is 3.34. The Kier molecular flexibility index (Phi) is 46.4. The molecule has 3 N–H and O–H groups in total. The van der Waals surface area contributed by atoms with Crippen LogP contribution in [0.15, 0.2) is 0 Å². The zero-order valence-corrected chi connectivity index (χ0v) is 46.5.